The molecule has 2 amide bonds. The third kappa shape index (κ3) is 2.13. The highest BCUT2D eigenvalue weighted by Crippen LogP contribution is 2.33. The Morgan fingerprint density at radius 2 is 1.86 bits per heavy atom. The lowest BCUT2D eigenvalue weighted by molar-refractivity contribution is -0.133. The van der Waals surface area contributed by atoms with Crippen molar-refractivity contribution in [1.82, 2.24) is 5.43 Å². The Morgan fingerprint density at radius 1 is 1.23 bits per heavy atom. The van der Waals surface area contributed by atoms with E-state index in [1.807, 2.05) is 0 Å². The van der Waals surface area contributed by atoms with Crippen LogP contribution in [0.25, 0.3) is 0 Å². The normalized spacial score (nSPS) is 23.2. The maximum absolute atomic E-state index is 12.5. The number of amides is 2. The van der Waals surface area contributed by atoms with Gasteiger partial charge in [-0.1, -0.05) is 23.2 Å². The van der Waals surface area contributed by atoms with Crippen molar-refractivity contribution in [1.29, 1.82) is 0 Å². The molecular formula is C13H9Cl2N3O4. The van der Waals surface area contributed by atoms with Crippen LogP contribution >= 0.6 is 23.2 Å². The molecule has 3 rings (SSSR count). The summed E-state index contributed by atoms with van der Waals surface area (Å²) >= 11 is 11.8. The van der Waals surface area contributed by atoms with Crippen LogP contribution in [0.1, 0.15) is 0 Å². The highest BCUT2D eigenvalue weighted by Gasteiger charge is 2.55. The predicted octanol–water partition coefficient (Wildman–Crippen LogP) is 0.984. The highest BCUT2D eigenvalue weighted by atomic mass is 35.5. The van der Waals surface area contributed by atoms with Gasteiger partial charge in [-0.3, -0.25) is 15.0 Å². The molecule has 1 N–H and O–H groups in total. The monoisotopic (exact) mass is 341 g/mol. The summed E-state index contributed by atoms with van der Waals surface area (Å²) in [6.07, 6.45) is 0. The number of ether oxygens (including phenoxy) is 1. The van der Waals surface area contributed by atoms with Gasteiger partial charge in [0.2, 0.25) is 5.91 Å². The van der Waals surface area contributed by atoms with E-state index in [-0.39, 0.29) is 21.4 Å². The van der Waals surface area contributed by atoms with Crippen LogP contribution in [-0.4, -0.2) is 36.6 Å². The van der Waals surface area contributed by atoms with E-state index in [1.165, 1.54) is 25.3 Å². The van der Waals surface area contributed by atoms with Crippen LogP contribution in [0.2, 0.25) is 10.0 Å². The fourth-order valence-electron chi connectivity index (χ4n) is 2.49. The van der Waals surface area contributed by atoms with Crippen molar-refractivity contribution in [3.8, 4) is 0 Å². The second-order valence-corrected chi connectivity index (χ2v) is 5.59. The van der Waals surface area contributed by atoms with Gasteiger partial charge >= 0.3 is 5.97 Å². The van der Waals surface area contributed by atoms with Crippen LogP contribution in [0.4, 0.5) is 5.69 Å². The summed E-state index contributed by atoms with van der Waals surface area (Å²) in [5, 5.41) is 4.30. The minimum atomic E-state index is -1.02. The van der Waals surface area contributed by atoms with Crippen molar-refractivity contribution in [2.24, 2.45) is 11.0 Å². The topological polar surface area (TPSA) is 88.1 Å². The summed E-state index contributed by atoms with van der Waals surface area (Å²) in [7, 11) is 1.17. The molecule has 0 aromatic heterocycles. The minimum absolute atomic E-state index is 0.124. The third-order valence-electron chi connectivity index (χ3n) is 3.42. The van der Waals surface area contributed by atoms with Crippen molar-refractivity contribution < 1.29 is 19.1 Å². The molecule has 0 radical (unpaired) electrons. The van der Waals surface area contributed by atoms with Crippen LogP contribution in [0, 0.1) is 5.92 Å². The molecular weight excluding hydrogens is 333 g/mol. The van der Waals surface area contributed by atoms with Crippen molar-refractivity contribution in [3.63, 3.8) is 0 Å². The molecule has 114 valence electrons. The molecule has 22 heavy (non-hydrogen) atoms. The molecule has 7 nitrogen and oxygen atoms in total. The van der Waals surface area contributed by atoms with E-state index < -0.39 is 29.7 Å². The van der Waals surface area contributed by atoms with E-state index in [4.69, 9.17) is 23.2 Å². The fraction of sp³-hybridized carbons (Fsp3) is 0.231. The number of hydrazone groups is 1. The number of rotatable bonds is 2. The van der Waals surface area contributed by atoms with E-state index in [9.17, 15) is 14.4 Å². The van der Waals surface area contributed by atoms with Gasteiger partial charge in [-0.25, -0.2) is 9.69 Å². The van der Waals surface area contributed by atoms with Gasteiger partial charge < -0.3 is 4.74 Å². The van der Waals surface area contributed by atoms with Crippen molar-refractivity contribution in [3.05, 3.63) is 28.2 Å². The number of hydrogen-bond acceptors (Lipinski definition) is 6. The van der Waals surface area contributed by atoms with Gasteiger partial charge in [0.1, 0.15) is 12.0 Å². The van der Waals surface area contributed by atoms with Gasteiger partial charge in [-0.05, 0) is 18.2 Å². The zero-order valence-corrected chi connectivity index (χ0v) is 12.7. The lowest BCUT2D eigenvalue weighted by Crippen LogP contribution is -2.36. The molecule has 1 aromatic rings. The SMILES string of the molecule is COC(=O)C1=NNC2C(=O)N(c3cc(Cl)cc(Cl)c3)C(=O)C12. The van der Waals surface area contributed by atoms with Gasteiger partial charge in [0, 0.05) is 10.0 Å². The molecule has 0 aliphatic carbocycles. The quantitative estimate of drug-likeness (QED) is 0.640. The molecule has 2 unspecified atom stereocenters. The molecule has 0 spiro atoms. The first-order valence-corrected chi connectivity index (χ1v) is 6.95. The molecule has 9 heteroatoms. The first-order valence-electron chi connectivity index (χ1n) is 6.19. The number of benzene rings is 1. The average molecular weight is 342 g/mol. The first kappa shape index (κ1) is 14.8. The van der Waals surface area contributed by atoms with Crippen LogP contribution in [0.15, 0.2) is 23.3 Å². The molecule has 2 aliphatic rings. The Kier molecular flexibility index (Phi) is 3.54. The summed E-state index contributed by atoms with van der Waals surface area (Å²) in [6.45, 7) is 0. The number of nitrogens with one attached hydrogen (secondary N) is 1. The molecule has 1 fully saturated rings. The third-order valence-corrected chi connectivity index (χ3v) is 3.86. The zero-order chi connectivity index (χ0) is 16.0. The lowest BCUT2D eigenvalue weighted by atomic mass is 9.99. The molecule has 0 bridgehead atoms. The number of nitrogens with zero attached hydrogens (tertiary/aromatic N) is 2. The van der Waals surface area contributed by atoms with Crippen LogP contribution in [-0.2, 0) is 19.1 Å². The summed E-state index contributed by atoms with van der Waals surface area (Å²) in [4.78, 5) is 37.5. The smallest absolute Gasteiger partial charge is 0.355 e. The van der Waals surface area contributed by atoms with Crippen molar-refractivity contribution in [2.45, 2.75) is 6.04 Å². The van der Waals surface area contributed by atoms with E-state index >= 15 is 0 Å². The Morgan fingerprint density at radius 3 is 2.45 bits per heavy atom. The van der Waals surface area contributed by atoms with Gasteiger partial charge in [0.15, 0.2) is 5.71 Å². The van der Waals surface area contributed by atoms with E-state index in [2.05, 4.69) is 15.3 Å². The maximum Gasteiger partial charge on any atom is 0.355 e. The number of carbonyl (C=O) groups excluding carboxylic acids is 3. The van der Waals surface area contributed by atoms with Crippen molar-refractivity contribution in [2.75, 3.05) is 12.0 Å². The number of imide groups is 1. The molecule has 1 aromatic carbocycles. The Balaban J connectivity index is 2.00. The molecule has 2 aliphatic heterocycles. The molecule has 2 heterocycles. The number of anilines is 1. The lowest BCUT2D eigenvalue weighted by Gasteiger charge is -2.16. The van der Waals surface area contributed by atoms with E-state index in [0.717, 1.165) is 4.90 Å². The second-order valence-electron chi connectivity index (χ2n) is 4.71. The maximum atomic E-state index is 12.5. The average Bonchev–Trinajstić information content (AvgIpc) is 2.98. The standard InChI is InChI=1S/C13H9Cl2N3O4/c1-22-13(21)10-8-9(16-17-10)12(20)18(11(8)19)7-3-5(14)2-6(15)4-7/h2-4,8-9,16H,1H3. The number of halogens is 2. The Bertz CT molecular complexity index is 714. The Hall–Kier alpha value is -2.12. The first-order chi connectivity index (χ1) is 10.4. The molecule has 2 atom stereocenters. The minimum Gasteiger partial charge on any atom is -0.464 e. The van der Waals surface area contributed by atoms with Gasteiger partial charge in [-0.2, -0.15) is 5.10 Å². The number of fused-ring (bicyclic) bond motifs is 1. The summed E-state index contributed by atoms with van der Waals surface area (Å²) in [5.74, 6) is -2.89. The molecule has 0 saturated carbocycles. The fourth-order valence-corrected chi connectivity index (χ4v) is 3.00. The van der Waals surface area contributed by atoms with Gasteiger partial charge in [0.25, 0.3) is 5.91 Å². The zero-order valence-electron chi connectivity index (χ0n) is 11.2. The van der Waals surface area contributed by atoms with Crippen LogP contribution < -0.4 is 10.3 Å². The van der Waals surface area contributed by atoms with Crippen molar-refractivity contribution >= 4 is 52.4 Å². The van der Waals surface area contributed by atoms with Gasteiger partial charge in [-0.15, -0.1) is 0 Å². The van der Waals surface area contributed by atoms with Gasteiger partial charge in [0.05, 0.1) is 12.8 Å². The summed E-state index contributed by atoms with van der Waals surface area (Å²) in [5.41, 5.74) is 2.62. The largest absolute Gasteiger partial charge is 0.464 e. The van der Waals surface area contributed by atoms with E-state index in [1.54, 1.807) is 0 Å². The van der Waals surface area contributed by atoms with Crippen LogP contribution in [0.5, 0.6) is 0 Å². The van der Waals surface area contributed by atoms with E-state index in [0.29, 0.717) is 0 Å². The number of carbonyl (C=O) groups is 3. The summed E-state index contributed by atoms with van der Waals surface area (Å²) < 4.78 is 4.57. The highest BCUT2D eigenvalue weighted by molar-refractivity contribution is 6.46. The van der Waals surface area contributed by atoms with Crippen LogP contribution in [0.3, 0.4) is 0 Å². The number of hydrogen-bond donors (Lipinski definition) is 1. The Labute approximate surface area is 134 Å². The molecule has 1 saturated heterocycles. The number of esters is 1. The summed E-state index contributed by atoms with van der Waals surface area (Å²) in [6, 6.07) is 3.44. The predicted molar refractivity (Wildman–Crippen MR) is 78.8 cm³/mol. The number of methoxy groups -OCH3 is 1. The second kappa shape index (κ2) is 5.26.